The van der Waals surface area contributed by atoms with Gasteiger partial charge in [-0.3, -0.25) is 9.36 Å². The number of methoxy groups -OCH3 is 2. The quantitative estimate of drug-likeness (QED) is 0.179. The number of carbonyl (C=O) groups is 1. The zero-order chi connectivity index (χ0) is 25.5. The molecule has 1 aromatic heterocycles. The molecule has 1 heterocycles. The van der Waals surface area contributed by atoms with Crippen molar-refractivity contribution in [2.24, 2.45) is 5.10 Å². The van der Waals surface area contributed by atoms with Gasteiger partial charge in [0.05, 0.1) is 26.2 Å². The summed E-state index contributed by atoms with van der Waals surface area (Å²) in [6.45, 7) is 0. The maximum Gasteiger partial charge on any atom is 0.250 e. The number of rotatable bonds is 9. The summed E-state index contributed by atoms with van der Waals surface area (Å²) in [6.07, 6.45) is 1.29. The molecular formula is C25H23N5O5S. The van der Waals surface area contributed by atoms with Gasteiger partial charge in [-0.05, 0) is 60.7 Å². The van der Waals surface area contributed by atoms with E-state index in [0.29, 0.717) is 22.3 Å². The van der Waals surface area contributed by atoms with Crippen LogP contribution in [0.2, 0.25) is 0 Å². The van der Waals surface area contributed by atoms with E-state index in [1.165, 1.54) is 36.2 Å². The fraction of sp³-hybridized carbons (Fsp3) is 0.120. The van der Waals surface area contributed by atoms with Gasteiger partial charge in [0.25, 0.3) is 5.91 Å². The van der Waals surface area contributed by atoms with Gasteiger partial charge in [0.1, 0.15) is 23.0 Å². The predicted octanol–water partition coefficient (Wildman–Crippen LogP) is 3.61. The van der Waals surface area contributed by atoms with Crippen LogP contribution in [-0.2, 0) is 4.79 Å². The number of benzene rings is 3. The van der Waals surface area contributed by atoms with Crippen LogP contribution in [0, 0.1) is 0 Å². The van der Waals surface area contributed by atoms with Crippen LogP contribution in [0.3, 0.4) is 0 Å². The van der Waals surface area contributed by atoms with Crippen molar-refractivity contribution in [1.82, 2.24) is 20.2 Å². The molecule has 184 valence electrons. The normalized spacial score (nSPS) is 10.9. The van der Waals surface area contributed by atoms with Gasteiger partial charge in [0, 0.05) is 22.9 Å². The van der Waals surface area contributed by atoms with Crippen LogP contribution in [0.5, 0.6) is 23.0 Å². The molecule has 0 saturated heterocycles. The van der Waals surface area contributed by atoms with E-state index >= 15 is 0 Å². The van der Waals surface area contributed by atoms with Crippen molar-refractivity contribution in [1.29, 1.82) is 0 Å². The lowest BCUT2D eigenvalue weighted by Crippen LogP contribution is -2.20. The van der Waals surface area contributed by atoms with Crippen molar-refractivity contribution in [2.75, 3.05) is 20.0 Å². The molecule has 3 N–H and O–H groups in total. The van der Waals surface area contributed by atoms with E-state index < -0.39 is 0 Å². The summed E-state index contributed by atoms with van der Waals surface area (Å²) in [5.41, 5.74) is 4.40. The number of hydrogen-bond acceptors (Lipinski definition) is 9. The van der Waals surface area contributed by atoms with E-state index in [1.54, 1.807) is 14.2 Å². The molecule has 0 saturated carbocycles. The molecule has 0 aliphatic carbocycles. The number of amides is 1. The average Bonchev–Trinajstić information content (AvgIpc) is 3.32. The fourth-order valence-corrected chi connectivity index (χ4v) is 3.98. The van der Waals surface area contributed by atoms with E-state index in [4.69, 9.17) is 9.47 Å². The van der Waals surface area contributed by atoms with Gasteiger partial charge in [-0.2, -0.15) is 5.10 Å². The molecule has 0 bridgehead atoms. The number of hydrazone groups is 1. The molecule has 0 atom stereocenters. The summed E-state index contributed by atoms with van der Waals surface area (Å²) in [5, 5.41) is 32.2. The highest BCUT2D eigenvalue weighted by Gasteiger charge is 2.17. The molecule has 10 nitrogen and oxygen atoms in total. The minimum absolute atomic E-state index is 0.0236. The lowest BCUT2D eigenvalue weighted by molar-refractivity contribution is -0.118. The fourth-order valence-electron chi connectivity index (χ4n) is 3.23. The van der Waals surface area contributed by atoms with E-state index in [2.05, 4.69) is 20.7 Å². The summed E-state index contributed by atoms with van der Waals surface area (Å²) >= 11 is 1.20. The molecule has 4 aromatic rings. The van der Waals surface area contributed by atoms with Crippen LogP contribution < -0.4 is 14.9 Å². The Morgan fingerprint density at radius 3 is 2.31 bits per heavy atom. The second-order valence-electron chi connectivity index (χ2n) is 7.39. The van der Waals surface area contributed by atoms with Crippen molar-refractivity contribution in [3.8, 4) is 40.1 Å². The standard InChI is InChI=1S/C25H23N5O5S/c1-34-20-9-4-16(5-10-20)24-28-29-25(30(24)18-6-11-21(35-2)12-7-18)36-15-23(33)27-26-14-17-3-8-19(31)13-22(17)32/h3-14,31-32H,15H2,1-2H3,(H,27,33)/b26-14-. The molecule has 0 radical (unpaired) electrons. The SMILES string of the molecule is COc1ccc(-c2nnc(SCC(=O)N/N=C\c3ccc(O)cc3O)n2-c2ccc(OC)cc2)cc1. The zero-order valence-corrected chi connectivity index (χ0v) is 20.3. The Hall–Kier alpha value is -4.51. The molecule has 36 heavy (non-hydrogen) atoms. The average molecular weight is 506 g/mol. The van der Waals surface area contributed by atoms with E-state index in [9.17, 15) is 15.0 Å². The molecule has 0 aliphatic heterocycles. The first-order valence-electron chi connectivity index (χ1n) is 10.7. The van der Waals surface area contributed by atoms with Gasteiger partial charge in [0.2, 0.25) is 0 Å². The number of thioether (sulfide) groups is 1. The number of phenolic OH excluding ortho intramolecular Hbond substituents is 2. The molecular weight excluding hydrogens is 482 g/mol. The number of aromatic nitrogens is 3. The van der Waals surface area contributed by atoms with E-state index in [0.717, 1.165) is 17.0 Å². The van der Waals surface area contributed by atoms with Crippen molar-refractivity contribution in [3.05, 3.63) is 72.3 Å². The minimum Gasteiger partial charge on any atom is -0.508 e. The number of aromatic hydroxyl groups is 2. The van der Waals surface area contributed by atoms with Crippen molar-refractivity contribution >= 4 is 23.9 Å². The second-order valence-corrected chi connectivity index (χ2v) is 8.34. The second kappa shape index (κ2) is 11.3. The zero-order valence-electron chi connectivity index (χ0n) is 19.5. The Labute approximate surface area is 211 Å². The first kappa shape index (κ1) is 24.6. The molecule has 0 spiro atoms. The van der Waals surface area contributed by atoms with Gasteiger partial charge in [-0.15, -0.1) is 10.2 Å². The Balaban J connectivity index is 1.52. The number of carbonyl (C=O) groups excluding carboxylic acids is 1. The van der Waals surface area contributed by atoms with Crippen molar-refractivity contribution in [3.63, 3.8) is 0 Å². The van der Waals surface area contributed by atoms with Gasteiger partial charge < -0.3 is 19.7 Å². The van der Waals surface area contributed by atoms with Gasteiger partial charge >= 0.3 is 0 Å². The Bertz CT molecular complexity index is 1370. The number of nitrogens with one attached hydrogen (secondary N) is 1. The Morgan fingerprint density at radius 1 is 1.00 bits per heavy atom. The number of hydrogen-bond donors (Lipinski definition) is 3. The number of phenols is 2. The van der Waals surface area contributed by atoms with Crippen LogP contribution in [0.4, 0.5) is 0 Å². The monoisotopic (exact) mass is 505 g/mol. The molecule has 4 rings (SSSR count). The number of ether oxygens (including phenoxy) is 2. The lowest BCUT2D eigenvalue weighted by Gasteiger charge is -2.11. The third-order valence-electron chi connectivity index (χ3n) is 5.05. The van der Waals surface area contributed by atoms with Crippen LogP contribution in [0.25, 0.3) is 17.1 Å². The smallest absolute Gasteiger partial charge is 0.250 e. The van der Waals surface area contributed by atoms with Crippen LogP contribution >= 0.6 is 11.8 Å². The maximum absolute atomic E-state index is 12.4. The van der Waals surface area contributed by atoms with Crippen LogP contribution in [-0.4, -0.2) is 57.1 Å². The topological polar surface area (TPSA) is 131 Å². The lowest BCUT2D eigenvalue weighted by atomic mass is 10.2. The summed E-state index contributed by atoms with van der Waals surface area (Å²) < 4.78 is 12.4. The van der Waals surface area contributed by atoms with E-state index in [1.807, 2.05) is 53.1 Å². The third kappa shape index (κ3) is 5.76. The number of nitrogens with zero attached hydrogens (tertiary/aromatic N) is 4. The Kier molecular flexibility index (Phi) is 7.71. The largest absolute Gasteiger partial charge is 0.508 e. The summed E-state index contributed by atoms with van der Waals surface area (Å²) in [7, 11) is 3.20. The summed E-state index contributed by atoms with van der Waals surface area (Å²) in [5.74, 6) is 1.47. The molecule has 3 aromatic carbocycles. The first-order chi connectivity index (χ1) is 17.5. The first-order valence-corrected chi connectivity index (χ1v) is 11.7. The third-order valence-corrected chi connectivity index (χ3v) is 5.98. The summed E-state index contributed by atoms with van der Waals surface area (Å²) in [6, 6.07) is 19.0. The highest BCUT2D eigenvalue weighted by Crippen LogP contribution is 2.30. The molecule has 0 fully saturated rings. The van der Waals surface area contributed by atoms with Crippen molar-refractivity contribution in [2.45, 2.75) is 5.16 Å². The molecule has 0 unspecified atom stereocenters. The van der Waals surface area contributed by atoms with Gasteiger partial charge in [-0.1, -0.05) is 11.8 Å². The molecule has 1 amide bonds. The van der Waals surface area contributed by atoms with Crippen molar-refractivity contribution < 1.29 is 24.5 Å². The maximum atomic E-state index is 12.4. The van der Waals surface area contributed by atoms with Gasteiger partial charge in [0.15, 0.2) is 11.0 Å². The van der Waals surface area contributed by atoms with Crippen LogP contribution in [0.15, 0.2) is 77.0 Å². The molecule has 0 aliphatic rings. The highest BCUT2D eigenvalue weighted by atomic mass is 32.2. The van der Waals surface area contributed by atoms with E-state index in [-0.39, 0.29) is 23.2 Å². The Morgan fingerprint density at radius 2 is 1.67 bits per heavy atom. The summed E-state index contributed by atoms with van der Waals surface area (Å²) in [4.78, 5) is 12.4. The minimum atomic E-state index is -0.371. The predicted molar refractivity (Wildman–Crippen MR) is 136 cm³/mol. The van der Waals surface area contributed by atoms with Gasteiger partial charge in [-0.25, -0.2) is 5.43 Å². The highest BCUT2D eigenvalue weighted by molar-refractivity contribution is 7.99. The molecule has 11 heteroatoms. The van der Waals surface area contributed by atoms with Crippen LogP contribution in [0.1, 0.15) is 5.56 Å².